The van der Waals surface area contributed by atoms with Gasteiger partial charge >= 0.3 is 5.63 Å². The Morgan fingerprint density at radius 3 is 2.56 bits per heavy atom. The lowest BCUT2D eigenvalue weighted by molar-refractivity contribution is 0.355. The lowest BCUT2D eigenvalue weighted by atomic mass is 10.1. The summed E-state index contributed by atoms with van der Waals surface area (Å²) in [6.07, 6.45) is 0. The Labute approximate surface area is 156 Å². The van der Waals surface area contributed by atoms with Crippen LogP contribution in [0.2, 0.25) is 0 Å². The first-order chi connectivity index (χ1) is 13.2. The quantitative estimate of drug-likeness (QED) is 0.758. The number of hydrogen-bond acceptors (Lipinski definition) is 7. The third kappa shape index (κ3) is 3.33. The summed E-state index contributed by atoms with van der Waals surface area (Å²) in [4.78, 5) is 19.3. The molecule has 1 fully saturated rings. The molecule has 0 radical (unpaired) electrons. The number of benzene rings is 1. The van der Waals surface area contributed by atoms with Crippen LogP contribution in [0.4, 0.5) is 5.82 Å². The van der Waals surface area contributed by atoms with Crippen LogP contribution in [-0.4, -0.2) is 45.4 Å². The Kier molecular flexibility index (Phi) is 4.68. The SMILES string of the molecule is COc1ccc(-c2cc3ccc(N4CCNCC4)nc3oc2=O)cc1OC. The van der Waals surface area contributed by atoms with Gasteiger partial charge in [0.2, 0.25) is 5.71 Å². The Morgan fingerprint density at radius 1 is 1.04 bits per heavy atom. The first kappa shape index (κ1) is 17.4. The second kappa shape index (κ2) is 7.28. The minimum atomic E-state index is -0.431. The lowest BCUT2D eigenvalue weighted by Gasteiger charge is -2.28. The fraction of sp³-hybridized carbons (Fsp3) is 0.300. The number of nitrogens with zero attached hydrogens (tertiary/aromatic N) is 2. The minimum absolute atomic E-state index is 0.347. The lowest BCUT2D eigenvalue weighted by Crippen LogP contribution is -2.43. The van der Waals surface area contributed by atoms with Gasteiger partial charge in [0, 0.05) is 31.6 Å². The maximum Gasteiger partial charge on any atom is 0.345 e. The molecule has 0 atom stereocenters. The fourth-order valence-corrected chi connectivity index (χ4v) is 3.27. The van der Waals surface area contributed by atoms with Crippen molar-refractivity contribution in [2.75, 3.05) is 45.3 Å². The standard InChI is InChI=1S/C20H21N3O4/c1-25-16-5-3-13(12-17(16)26-2)15-11-14-4-6-18(22-19(14)27-20(15)24)23-9-7-21-8-10-23/h3-6,11-12,21H,7-10H2,1-2H3. The Hall–Kier alpha value is -3.06. The molecule has 1 aliphatic heterocycles. The topological polar surface area (TPSA) is 76.8 Å². The minimum Gasteiger partial charge on any atom is -0.493 e. The highest BCUT2D eigenvalue weighted by molar-refractivity contribution is 5.81. The number of methoxy groups -OCH3 is 2. The molecular formula is C20H21N3O4. The van der Waals surface area contributed by atoms with E-state index in [1.807, 2.05) is 18.2 Å². The molecule has 7 heteroatoms. The summed E-state index contributed by atoms with van der Waals surface area (Å²) >= 11 is 0. The van der Waals surface area contributed by atoms with Gasteiger partial charge in [-0.15, -0.1) is 0 Å². The highest BCUT2D eigenvalue weighted by Crippen LogP contribution is 2.32. The average Bonchev–Trinajstić information content (AvgIpc) is 2.73. The zero-order chi connectivity index (χ0) is 18.8. The van der Waals surface area contributed by atoms with Crippen LogP contribution in [0.1, 0.15) is 0 Å². The summed E-state index contributed by atoms with van der Waals surface area (Å²) in [6, 6.07) is 11.0. The van der Waals surface area contributed by atoms with Gasteiger partial charge in [-0.05, 0) is 35.9 Å². The molecule has 0 amide bonds. The van der Waals surface area contributed by atoms with Crippen molar-refractivity contribution in [3.8, 4) is 22.6 Å². The zero-order valence-electron chi connectivity index (χ0n) is 15.3. The third-order valence-electron chi connectivity index (χ3n) is 4.72. The highest BCUT2D eigenvalue weighted by atomic mass is 16.5. The van der Waals surface area contributed by atoms with Gasteiger partial charge in [-0.1, -0.05) is 6.07 Å². The molecule has 0 saturated carbocycles. The number of ether oxygens (including phenoxy) is 2. The maximum absolute atomic E-state index is 12.6. The zero-order valence-corrected chi connectivity index (χ0v) is 15.3. The number of anilines is 1. The molecule has 1 saturated heterocycles. The number of piperazine rings is 1. The van der Waals surface area contributed by atoms with Gasteiger partial charge in [0.05, 0.1) is 19.8 Å². The predicted molar refractivity (Wildman–Crippen MR) is 104 cm³/mol. The van der Waals surface area contributed by atoms with Crippen LogP contribution < -0.4 is 25.3 Å². The molecule has 0 aliphatic carbocycles. The van der Waals surface area contributed by atoms with Crippen molar-refractivity contribution >= 4 is 16.9 Å². The van der Waals surface area contributed by atoms with E-state index < -0.39 is 5.63 Å². The second-order valence-corrected chi connectivity index (χ2v) is 6.32. The van der Waals surface area contributed by atoms with Gasteiger partial charge in [-0.2, -0.15) is 4.98 Å². The molecule has 0 unspecified atom stereocenters. The monoisotopic (exact) mass is 367 g/mol. The molecular weight excluding hydrogens is 346 g/mol. The Balaban J connectivity index is 1.75. The Bertz CT molecular complexity index is 1030. The van der Waals surface area contributed by atoms with E-state index in [1.54, 1.807) is 32.4 Å². The van der Waals surface area contributed by atoms with Crippen molar-refractivity contribution in [2.45, 2.75) is 0 Å². The van der Waals surface area contributed by atoms with E-state index in [0.717, 1.165) is 37.4 Å². The van der Waals surface area contributed by atoms with Crippen molar-refractivity contribution in [1.82, 2.24) is 10.3 Å². The molecule has 7 nitrogen and oxygen atoms in total. The summed E-state index contributed by atoms with van der Waals surface area (Å²) in [6.45, 7) is 3.60. The number of rotatable bonds is 4. The fourth-order valence-electron chi connectivity index (χ4n) is 3.27. The number of hydrogen-bond donors (Lipinski definition) is 1. The van der Waals surface area contributed by atoms with Crippen LogP contribution >= 0.6 is 0 Å². The first-order valence-electron chi connectivity index (χ1n) is 8.82. The molecule has 3 aromatic rings. The van der Waals surface area contributed by atoms with Gasteiger partial charge in [0.15, 0.2) is 11.5 Å². The van der Waals surface area contributed by atoms with E-state index in [-0.39, 0.29) is 0 Å². The molecule has 0 spiro atoms. The molecule has 1 aliphatic rings. The van der Waals surface area contributed by atoms with Crippen molar-refractivity contribution in [3.05, 3.63) is 46.8 Å². The molecule has 140 valence electrons. The summed E-state index contributed by atoms with van der Waals surface area (Å²) in [5.74, 6) is 1.99. The highest BCUT2D eigenvalue weighted by Gasteiger charge is 2.15. The van der Waals surface area contributed by atoms with E-state index in [0.29, 0.717) is 28.3 Å². The van der Waals surface area contributed by atoms with Gasteiger partial charge < -0.3 is 24.1 Å². The molecule has 2 aromatic heterocycles. The van der Waals surface area contributed by atoms with Gasteiger partial charge in [-0.3, -0.25) is 0 Å². The van der Waals surface area contributed by atoms with Crippen molar-refractivity contribution in [3.63, 3.8) is 0 Å². The van der Waals surface area contributed by atoms with Crippen molar-refractivity contribution in [2.24, 2.45) is 0 Å². The summed E-state index contributed by atoms with van der Waals surface area (Å²) < 4.78 is 16.1. The molecule has 4 rings (SSSR count). The summed E-state index contributed by atoms with van der Waals surface area (Å²) in [5, 5.41) is 4.09. The van der Waals surface area contributed by atoms with Crippen LogP contribution in [0, 0.1) is 0 Å². The van der Waals surface area contributed by atoms with E-state index >= 15 is 0 Å². The summed E-state index contributed by atoms with van der Waals surface area (Å²) in [7, 11) is 3.13. The second-order valence-electron chi connectivity index (χ2n) is 6.32. The number of nitrogens with one attached hydrogen (secondary N) is 1. The molecule has 1 N–H and O–H groups in total. The molecule has 27 heavy (non-hydrogen) atoms. The molecule has 3 heterocycles. The van der Waals surface area contributed by atoms with Crippen LogP contribution in [0.25, 0.3) is 22.2 Å². The van der Waals surface area contributed by atoms with Gasteiger partial charge in [0.25, 0.3) is 0 Å². The number of aromatic nitrogens is 1. The van der Waals surface area contributed by atoms with Gasteiger partial charge in [-0.25, -0.2) is 4.79 Å². The average molecular weight is 367 g/mol. The largest absolute Gasteiger partial charge is 0.493 e. The molecule has 0 bridgehead atoms. The van der Waals surface area contributed by atoms with E-state index in [2.05, 4.69) is 15.2 Å². The van der Waals surface area contributed by atoms with Crippen molar-refractivity contribution < 1.29 is 13.9 Å². The third-order valence-corrected chi connectivity index (χ3v) is 4.72. The Morgan fingerprint density at radius 2 is 1.81 bits per heavy atom. The first-order valence-corrected chi connectivity index (χ1v) is 8.82. The smallest absolute Gasteiger partial charge is 0.345 e. The van der Waals surface area contributed by atoms with Gasteiger partial charge in [0.1, 0.15) is 5.82 Å². The predicted octanol–water partition coefficient (Wildman–Crippen LogP) is 2.28. The van der Waals surface area contributed by atoms with Crippen LogP contribution in [0.5, 0.6) is 11.5 Å². The number of fused-ring (bicyclic) bond motifs is 1. The van der Waals surface area contributed by atoms with Crippen LogP contribution in [0.3, 0.4) is 0 Å². The summed E-state index contributed by atoms with van der Waals surface area (Å²) in [5.41, 5.74) is 1.08. The van der Waals surface area contributed by atoms with E-state index in [9.17, 15) is 4.79 Å². The van der Waals surface area contributed by atoms with E-state index in [1.165, 1.54) is 0 Å². The van der Waals surface area contributed by atoms with Crippen molar-refractivity contribution in [1.29, 1.82) is 0 Å². The molecule has 1 aromatic carbocycles. The number of pyridine rings is 1. The normalized spacial score (nSPS) is 14.4. The van der Waals surface area contributed by atoms with E-state index in [4.69, 9.17) is 13.9 Å². The maximum atomic E-state index is 12.6. The van der Waals surface area contributed by atoms with Crippen LogP contribution in [0.15, 0.2) is 45.6 Å². The van der Waals surface area contributed by atoms with Crippen LogP contribution in [-0.2, 0) is 0 Å².